The third-order valence-electron chi connectivity index (χ3n) is 1.35. The maximum absolute atomic E-state index is 11.8. The first kappa shape index (κ1) is 11.5. The molecule has 0 aliphatic rings. The van der Waals surface area contributed by atoms with Crippen molar-refractivity contribution in [1.29, 1.82) is 0 Å². The first-order valence-corrected chi connectivity index (χ1v) is 4.58. The van der Waals surface area contributed by atoms with Crippen molar-refractivity contribution in [2.75, 3.05) is 0 Å². The monoisotopic (exact) mass is 242 g/mol. The molecule has 1 aromatic rings. The van der Waals surface area contributed by atoms with Crippen LogP contribution in [0.15, 0.2) is 18.2 Å². The van der Waals surface area contributed by atoms with E-state index in [9.17, 15) is 13.2 Å². The minimum atomic E-state index is -4.70. The number of rotatable bonds is 2. The van der Waals surface area contributed by atoms with Crippen LogP contribution in [-0.4, -0.2) is 6.36 Å². The lowest BCUT2D eigenvalue weighted by Crippen LogP contribution is -2.17. The molecule has 0 spiro atoms. The number of ether oxygens (including phenoxy) is 1. The molecular weight excluding hydrogens is 237 g/mol. The van der Waals surface area contributed by atoms with Gasteiger partial charge in [0, 0.05) is 10.8 Å². The number of hydrogen-bond donors (Lipinski definition) is 1. The summed E-state index contributed by atoms with van der Waals surface area (Å²) >= 11 is 9.50. The first-order valence-electron chi connectivity index (χ1n) is 3.57. The Kier molecular flexibility index (Phi) is 3.55. The highest BCUT2D eigenvalue weighted by Gasteiger charge is 2.31. The number of thiol groups is 1. The summed E-state index contributed by atoms with van der Waals surface area (Å²) in [6.45, 7) is 0. The lowest BCUT2D eigenvalue weighted by Gasteiger charge is -2.09. The molecule has 0 aliphatic heterocycles. The van der Waals surface area contributed by atoms with Crippen molar-refractivity contribution in [2.45, 2.75) is 12.1 Å². The predicted molar refractivity (Wildman–Crippen MR) is 50.8 cm³/mol. The maximum Gasteiger partial charge on any atom is 0.573 e. The Hall–Kier alpha value is -0.550. The van der Waals surface area contributed by atoms with Crippen molar-refractivity contribution in [3.63, 3.8) is 0 Å². The van der Waals surface area contributed by atoms with Gasteiger partial charge < -0.3 is 4.74 Å². The highest BCUT2D eigenvalue weighted by atomic mass is 35.5. The van der Waals surface area contributed by atoms with Crippen LogP contribution in [0.1, 0.15) is 5.56 Å². The molecule has 0 atom stereocenters. The summed E-state index contributed by atoms with van der Waals surface area (Å²) in [5.41, 5.74) is 0.570. The molecule has 0 unspecified atom stereocenters. The van der Waals surface area contributed by atoms with Crippen LogP contribution in [0.3, 0.4) is 0 Å². The third-order valence-corrected chi connectivity index (χ3v) is 1.93. The zero-order chi connectivity index (χ0) is 10.8. The van der Waals surface area contributed by atoms with Crippen LogP contribution in [0.4, 0.5) is 13.2 Å². The number of benzene rings is 1. The second-order valence-electron chi connectivity index (χ2n) is 2.50. The smallest absolute Gasteiger partial charge is 0.406 e. The van der Waals surface area contributed by atoms with Crippen molar-refractivity contribution in [1.82, 2.24) is 0 Å². The molecule has 1 nitrogen and oxygen atoms in total. The summed E-state index contributed by atoms with van der Waals surface area (Å²) in [7, 11) is 0. The first-order chi connectivity index (χ1) is 6.40. The van der Waals surface area contributed by atoms with Gasteiger partial charge in [0.2, 0.25) is 0 Å². The summed E-state index contributed by atoms with van der Waals surface area (Å²) in [6.07, 6.45) is -4.70. The third kappa shape index (κ3) is 3.67. The molecule has 6 heteroatoms. The van der Waals surface area contributed by atoms with Gasteiger partial charge in [-0.1, -0.05) is 11.6 Å². The van der Waals surface area contributed by atoms with E-state index in [0.29, 0.717) is 11.3 Å². The van der Waals surface area contributed by atoms with Crippen molar-refractivity contribution < 1.29 is 17.9 Å². The Labute approximate surface area is 89.2 Å². The summed E-state index contributed by atoms with van der Waals surface area (Å²) in [5, 5.41) is 0.191. The van der Waals surface area contributed by atoms with Crippen LogP contribution in [0.25, 0.3) is 0 Å². The molecule has 0 heterocycles. The van der Waals surface area contributed by atoms with Crippen LogP contribution >= 0.6 is 24.2 Å². The Morgan fingerprint density at radius 2 is 1.93 bits per heavy atom. The molecule has 0 radical (unpaired) electrons. The molecule has 0 saturated carbocycles. The fourth-order valence-corrected chi connectivity index (χ4v) is 1.33. The maximum atomic E-state index is 11.8. The summed E-state index contributed by atoms with van der Waals surface area (Å²) in [5.74, 6) is -0.0246. The van der Waals surface area contributed by atoms with E-state index in [1.165, 1.54) is 12.1 Å². The largest absolute Gasteiger partial charge is 0.573 e. The average molecular weight is 243 g/mol. The van der Waals surface area contributed by atoms with Gasteiger partial charge in [-0.05, 0) is 23.8 Å². The number of hydrogen-bond acceptors (Lipinski definition) is 2. The van der Waals surface area contributed by atoms with E-state index in [1.54, 1.807) is 0 Å². The molecule has 0 saturated heterocycles. The molecule has 14 heavy (non-hydrogen) atoms. The van der Waals surface area contributed by atoms with E-state index in [0.717, 1.165) is 6.07 Å². The van der Waals surface area contributed by atoms with Gasteiger partial charge in [0.15, 0.2) is 0 Å². The van der Waals surface area contributed by atoms with Gasteiger partial charge in [-0.15, -0.1) is 13.2 Å². The molecule has 0 bridgehead atoms. The average Bonchev–Trinajstić information content (AvgIpc) is 1.99. The lowest BCUT2D eigenvalue weighted by atomic mass is 10.2. The van der Waals surface area contributed by atoms with Crippen molar-refractivity contribution in [3.8, 4) is 5.75 Å². The van der Waals surface area contributed by atoms with Crippen LogP contribution in [-0.2, 0) is 5.75 Å². The van der Waals surface area contributed by atoms with E-state index in [1.807, 2.05) is 0 Å². The van der Waals surface area contributed by atoms with E-state index in [4.69, 9.17) is 11.6 Å². The Morgan fingerprint density at radius 1 is 1.29 bits per heavy atom. The molecule has 0 fully saturated rings. The molecule has 0 amide bonds. The zero-order valence-electron chi connectivity index (χ0n) is 6.81. The second kappa shape index (κ2) is 4.31. The van der Waals surface area contributed by atoms with Crippen molar-refractivity contribution in [3.05, 3.63) is 28.8 Å². The Morgan fingerprint density at radius 3 is 2.43 bits per heavy atom. The number of halogens is 4. The molecular formula is C8H6ClF3OS. The quantitative estimate of drug-likeness (QED) is 0.779. The predicted octanol–water partition coefficient (Wildman–Crippen LogP) is 3.67. The lowest BCUT2D eigenvalue weighted by molar-refractivity contribution is -0.274. The van der Waals surface area contributed by atoms with Crippen LogP contribution in [0, 0.1) is 0 Å². The zero-order valence-corrected chi connectivity index (χ0v) is 8.46. The Balaban J connectivity index is 2.92. The van der Waals surface area contributed by atoms with E-state index in [-0.39, 0.29) is 10.8 Å². The molecule has 0 aliphatic carbocycles. The van der Waals surface area contributed by atoms with Gasteiger partial charge in [0.25, 0.3) is 0 Å². The van der Waals surface area contributed by atoms with Crippen LogP contribution in [0.2, 0.25) is 5.02 Å². The van der Waals surface area contributed by atoms with Gasteiger partial charge >= 0.3 is 6.36 Å². The SMILES string of the molecule is FC(F)(F)Oc1cc(Cl)cc(CS)c1. The van der Waals surface area contributed by atoms with E-state index < -0.39 is 6.36 Å². The fourth-order valence-electron chi connectivity index (χ4n) is 0.905. The van der Waals surface area contributed by atoms with Crippen LogP contribution < -0.4 is 4.74 Å². The van der Waals surface area contributed by atoms with Gasteiger partial charge in [-0.25, -0.2) is 0 Å². The normalized spacial score (nSPS) is 11.5. The Bertz CT molecular complexity index is 327. The molecule has 1 aromatic carbocycles. The van der Waals surface area contributed by atoms with E-state index >= 15 is 0 Å². The topological polar surface area (TPSA) is 9.23 Å². The van der Waals surface area contributed by atoms with Gasteiger partial charge in [-0.3, -0.25) is 0 Å². The standard InChI is InChI=1S/C8H6ClF3OS/c9-6-1-5(4-14)2-7(3-6)13-8(10,11)12/h1-3,14H,4H2. The summed E-state index contributed by atoms with van der Waals surface area (Å²) in [4.78, 5) is 0. The van der Waals surface area contributed by atoms with Crippen LogP contribution in [0.5, 0.6) is 5.75 Å². The summed E-state index contributed by atoms with van der Waals surface area (Å²) < 4.78 is 39.2. The minimum absolute atomic E-state index is 0.191. The molecule has 1 rings (SSSR count). The number of alkyl halides is 3. The molecule has 0 N–H and O–H groups in total. The van der Waals surface area contributed by atoms with Crippen molar-refractivity contribution in [2.24, 2.45) is 0 Å². The summed E-state index contributed by atoms with van der Waals surface area (Å²) in [6, 6.07) is 3.87. The second-order valence-corrected chi connectivity index (χ2v) is 3.25. The van der Waals surface area contributed by atoms with Gasteiger partial charge in [0.1, 0.15) is 5.75 Å². The molecule has 78 valence electrons. The fraction of sp³-hybridized carbons (Fsp3) is 0.250. The van der Waals surface area contributed by atoms with Gasteiger partial charge in [0.05, 0.1) is 0 Å². The van der Waals surface area contributed by atoms with Gasteiger partial charge in [-0.2, -0.15) is 12.6 Å². The van der Waals surface area contributed by atoms with E-state index in [2.05, 4.69) is 17.4 Å². The molecule has 0 aromatic heterocycles. The highest BCUT2D eigenvalue weighted by Crippen LogP contribution is 2.27. The highest BCUT2D eigenvalue weighted by molar-refractivity contribution is 7.79. The van der Waals surface area contributed by atoms with Crippen molar-refractivity contribution >= 4 is 24.2 Å². The minimum Gasteiger partial charge on any atom is -0.406 e.